The first-order valence-electron chi connectivity index (χ1n) is 6.22. The van der Waals surface area contributed by atoms with Gasteiger partial charge in [0.1, 0.15) is 5.82 Å². The number of hydrogen-bond donors (Lipinski definition) is 1. The molecular weight excluding hydrogens is 215 g/mol. The standard InChI is InChI=1S/C14H23FN2/c1-4-11(2)9-17(3)10-13-7-14(15)6-5-12(13)8-16/h5-7,11H,4,8-10,16H2,1-3H3. The quantitative estimate of drug-likeness (QED) is 0.825. The fourth-order valence-corrected chi connectivity index (χ4v) is 1.96. The summed E-state index contributed by atoms with van der Waals surface area (Å²) in [7, 11) is 2.07. The van der Waals surface area contributed by atoms with Crippen LogP contribution in [0.25, 0.3) is 0 Å². The average Bonchev–Trinajstić information content (AvgIpc) is 2.29. The molecule has 1 aromatic rings. The maximum Gasteiger partial charge on any atom is 0.123 e. The van der Waals surface area contributed by atoms with Gasteiger partial charge in [0.15, 0.2) is 0 Å². The van der Waals surface area contributed by atoms with Crippen molar-refractivity contribution in [2.24, 2.45) is 11.7 Å². The van der Waals surface area contributed by atoms with Gasteiger partial charge in [-0.2, -0.15) is 0 Å². The molecule has 0 aromatic heterocycles. The first kappa shape index (κ1) is 14.1. The van der Waals surface area contributed by atoms with Gasteiger partial charge in [-0.25, -0.2) is 4.39 Å². The summed E-state index contributed by atoms with van der Waals surface area (Å²) in [5.41, 5.74) is 7.69. The number of hydrogen-bond acceptors (Lipinski definition) is 2. The molecule has 0 heterocycles. The van der Waals surface area contributed by atoms with Gasteiger partial charge in [-0.05, 0) is 36.2 Å². The zero-order valence-corrected chi connectivity index (χ0v) is 11.0. The van der Waals surface area contributed by atoms with E-state index in [1.165, 1.54) is 6.07 Å². The van der Waals surface area contributed by atoms with Crippen molar-refractivity contribution in [2.75, 3.05) is 13.6 Å². The van der Waals surface area contributed by atoms with Gasteiger partial charge in [-0.1, -0.05) is 26.3 Å². The highest BCUT2D eigenvalue weighted by Crippen LogP contribution is 2.14. The minimum atomic E-state index is -0.186. The lowest BCUT2D eigenvalue weighted by Crippen LogP contribution is -2.24. The summed E-state index contributed by atoms with van der Waals surface area (Å²) in [6.45, 7) is 6.66. The molecule has 0 bridgehead atoms. The van der Waals surface area contributed by atoms with E-state index in [4.69, 9.17) is 5.73 Å². The summed E-state index contributed by atoms with van der Waals surface area (Å²) < 4.78 is 13.2. The normalized spacial score (nSPS) is 13.1. The van der Waals surface area contributed by atoms with Crippen molar-refractivity contribution in [2.45, 2.75) is 33.4 Å². The van der Waals surface area contributed by atoms with Gasteiger partial charge in [0, 0.05) is 19.6 Å². The Balaban J connectivity index is 2.69. The molecule has 1 rings (SSSR count). The van der Waals surface area contributed by atoms with E-state index in [0.29, 0.717) is 12.5 Å². The third kappa shape index (κ3) is 4.44. The summed E-state index contributed by atoms with van der Waals surface area (Å²) in [5, 5.41) is 0. The lowest BCUT2D eigenvalue weighted by atomic mass is 10.1. The second-order valence-electron chi connectivity index (χ2n) is 4.83. The van der Waals surface area contributed by atoms with Gasteiger partial charge >= 0.3 is 0 Å². The first-order chi connectivity index (χ1) is 8.06. The fraction of sp³-hybridized carbons (Fsp3) is 0.571. The number of rotatable bonds is 6. The van der Waals surface area contributed by atoms with Crippen LogP contribution in [0.3, 0.4) is 0 Å². The van der Waals surface area contributed by atoms with Gasteiger partial charge < -0.3 is 10.6 Å². The molecule has 3 heteroatoms. The Morgan fingerprint density at radius 2 is 2.06 bits per heavy atom. The zero-order valence-electron chi connectivity index (χ0n) is 11.0. The molecule has 17 heavy (non-hydrogen) atoms. The third-order valence-corrected chi connectivity index (χ3v) is 3.15. The van der Waals surface area contributed by atoms with E-state index in [2.05, 4.69) is 25.8 Å². The van der Waals surface area contributed by atoms with Crippen molar-refractivity contribution in [3.8, 4) is 0 Å². The summed E-state index contributed by atoms with van der Waals surface area (Å²) in [4.78, 5) is 2.22. The molecule has 2 nitrogen and oxygen atoms in total. The van der Waals surface area contributed by atoms with Crippen molar-refractivity contribution in [3.05, 3.63) is 35.1 Å². The van der Waals surface area contributed by atoms with Crippen molar-refractivity contribution in [3.63, 3.8) is 0 Å². The van der Waals surface area contributed by atoms with Crippen molar-refractivity contribution >= 4 is 0 Å². The monoisotopic (exact) mass is 238 g/mol. The van der Waals surface area contributed by atoms with Gasteiger partial charge in [-0.15, -0.1) is 0 Å². The molecule has 0 aliphatic carbocycles. The van der Waals surface area contributed by atoms with Crippen LogP contribution in [0, 0.1) is 11.7 Å². The summed E-state index contributed by atoms with van der Waals surface area (Å²) >= 11 is 0. The maximum absolute atomic E-state index is 13.2. The molecule has 0 aliphatic heterocycles. The van der Waals surface area contributed by atoms with Gasteiger partial charge in [0.25, 0.3) is 0 Å². The molecule has 0 fully saturated rings. The molecular formula is C14H23FN2. The van der Waals surface area contributed by atoms with Crippen molar-refractivity contribution in [1.82, 2.24) is 4.90 Å². The number of nitrogens with two attached hydrogens (primary N) is 1. The highest BCUT2D eigenvalue weighted by atomic mass is 19.1. The Hall–Kier alpha value is -0.930. The summed E-state index contributed by atoms with van der Waals surface area (Å²) in [5.74, 6) is 0.476. The Morgan fingerprint density at radius 3 is 2.65 bits per heavy atom. The molecule has 1 atom stereocenters. The van der Waals surface area contributed by atoms with Gasteiger partial charge in [0.05, 0.1) is 0 Å². The highest BCUT2D eigenvalue weighted by Gasteiger charge is 2.08. The van der Waals surface area contributed by atoms with Crippen LogP contribution in [-0.4, -0.2) is 18.5 Å². The molecule has 2 N–H and O–H groups in total. The number of benzene rings is 1. The third-order valence-electron chi connectivity index (χ3n) is 3.15. The van der Waals surface area contributed by atoms with Crippen LogP contribution in [0.4, 0.5) is 4.39 Å². The van der Waals surface area contributed by atoms with E-state index in [9.17, 15) is 4.39 Å². The predicted octanol–water partition coefficient (Wildman–Crippen LogP) is 2.76. The molecule has 0 aliphatic rings. The van der Waals surface area contributed by atoms with Crippen LogP contribution >= 0.6 is 0 Å². The van der Waals surface area contributed by atoms with Crippen LogP contribution < -0.4 is 5.73 Å². The molecule has 1 unspecified atom stereocenters. The SMILES string of the molecule is CCC(C)CN(C)Cc1cc(F)ccc1CN. The number of nitrogens with zero attached hydrogens (tertiary/aromatic N) is 1. The minimum absolute atomic E-state index is 0.186. The Kier molecular flexibility index (Phi) is 5.59. The molecule has 96 valence electrons. The van der Waals surface area contributed by atoms with E-state index in [-0.39, 0.29) is 5.82 Å². The van der Waals surface area contributed by atoms with Crippen LogP contribution in [0.1, 0.15) is 31.4 Å². The second kappa shape index (κ2) is 6.72. The first-order valence-corrected chi connectivity index (χ1v) is 6.22. The van der Waals surface area contributed by atoms with Crippen LogP contribution in [0.2, 0.25) is 0 Å². The Bertz CT molecular complexity index is 352. The van der Waals surface area contributed by atoms with E-state index in [1.807, 2.05) is 0 Å². The van der Waals surface area contributed by atoms with Gasteiger partial charge in [0.2, 0.25) is 0 Å². The summed E-state index contributed by atoms with van der Waals surface area (Å²) in [6, 6.07) is 4.84. The van der Waals surface area contributed by atoms with Crippen LogP contribution in [0.5, 0.6) is 0 Å². The van der Waals surface area contributed by atoms with E-state index in [1.54, 1.807) is 12.1 Å². The Morgan fingerprint density at radius 1 is 1.35 bits per heavy atom. The van der Waals surface area contributed by atoms with E-state index < -0.39 is 0 Å². The molecule has 0 amide bonds. The smallest absolute Gasteiger partial charge is 0.123 e. The predicted molar refractivity (Wildman–Crippen MR) is 70.1 cm³/mol. The second-order valence-corrected chi connectivity index (χ2v) is 4.83. The minimum Gasteiger partial charge on any atom is -0.326 e. The summed E-state index contributed by atoms with van der Waals surface area (Å²) in [6.07, 6.45) is 1.16. The lowest BCUT2D eigenvalue weighted by molar-refractivity contribution is 0.274. The Labute approximate surface area is 104 Å². The van der Waals surface area contributed by atoms with Crippen LogP contribution in [-0.2, 0) is 13.1 Å². The number of halogens is 1. The van der Waals surface area contributed by atoms with Crippen molar-refractivity contribution < 1.29 is 4.39 Å². The van der Waals surface area contributed by atoms with Crippen molar-refractivity contribution in [1.29, 1.82) is 0 Å². The largest absolute Gasteiger partial charge is 0.326 e. The molecule has 0 radical (unpaired) electrons. The van der Waals surface area contributed by atoms with Crippen LogP contribution in [0.15, 0.2) is 18.2 Å². The van der Waals surface area contributed by atoms with Gasteiger partial charge in [-0.3, -0.25) is 0 Å². The highest BCUT2D eigenvalue weighted by molar-refractivity contribution is 5.27. The molecule has 0 saturated heterocycles. The molecule has 1 aromatic carbocycles. The topological polar surface area (TPSA) is 29.3 Å². The molecule has 0 saturated carbocycles. The average molecular weight is 238 g/mol. The van der Waals surface area contributed by atoms with E-state index >= 15 is 0 Å². The van der Waals surface area contributed by atoms with E-state index in [0.717, 1.165) is 30.6 Å². The maximum atomic E-state index is 13.2. The molecule has 0 spiro atoms. The lowest BCUT2D eigenvalue weighted by Gasteiger charge is -2.21. The zero-order chi connectivity index (χ0) is 12.8. The fourth-order valence-electron chi connectivity index (χ4n) is 1.96.